The molecule has 136 valence electrons. The highest BCUT2D eigenvalue weighted by atomic mass is 127. The average molecular weight is 470 g/mol. The molecule has 0 unspecified atom stereocenters. The van der Waals surface area contributed by atoms with Gasteiger partial charge >= 0.3 is 0 Å². The number of aliphatic imine (C=N–C) groups is 1. The third-order valence-electron chi connectivity index (χ3n) is 3.53. The van der Waals surface area contributed by atoms with E-state index in [9.17, 15) is 12.8 Å². The Morgan fingerprint density at radius 1 is 1.29 bits per heavy atom. The summed E-state index contributed by atoms with van der Waals surface area (Å²) in [7, 11) is -3.06. The minimum absolute atomic E-state index is 0. The maximum absolute atomic E-state index is 12.9. The normalized spacial score (nSPS) is 17.3. The van der Waals surface area contributed by atoms with Crippen molar-refractivity contribution in [3.8, 4) is 0 Å². The molecule has 1 saturated heterocycles. The van der Waals surface area contributed by atoms with Crippen LogP contribution >= 0.6 is 24.0 Å². The van der Waals surface area contributed by atoms with Crippen LogP contribution in [0.4, 0.5) is 4.39 Å². The first-order chi connectivity index (χ1) is 11.0. The summed E-state index contributed by atoms with van der Waals surface area (Å²) in [5.74, 6) is 0.592. The first-order valence-corrected chi connectivity index (χ1v) is 9.36. The largest absolute Gasteiger partial charge is 0.357 e. The number of nitrogens with zero attached hydrogens (tertiary/aromatic N) is 2. The third-order valence-corrected chi connectivity index (χ3v) is 5.49. The lowest BCUT2D eigenvalue weighted by Crippen LogP contribution is -2.42. The highest BCUT2D eigenvalue weighted by molar-refractivity contribution is 14.0. The summed E-state index contributed by atoms with van der Waals surface area (Å²) in [6.07, 6.45) is 0.695. The Hall–Kier alpha value is -0.940. The Labute approximate surface area is 160 Å². The predicted molar refractivity (Wildman–Crippen MR) is 105 cm³/mol. The predicted octanol–water partition coefficient (Wildman–Crippen LogP) is 1.53. The number of halogens is 2. The van der Waals surface area contributed by atoms with Crippen LogP contribution in [0.3, 0.4) is 0 Å². The summed E-state index contributed by atoms with van der Waals surface area (Å²) in [5.41, 5.74) is 0.908. The smallest absolute Gasteiger partial charge is 0.214 e. The molecular weight excluding hydrogens is 446 g/mol. The lowest BCUT2D eigenvalue weighted by Gasteiger charge is -2.16. The van der Waals surface area contributed by atoms with E-state index in [4.69, 9.17) is 0 Å². The topological polar surface area (TPSA) is 73.8 Å². The lowest BCUT2D eigenvalue weighted by atomic mass is 10.2. The second-order valence-electron chi connectivity index (χ2n) is 5.32. The van der Waals surface area contributed by atoms with Gasteiger partial charge in [0.05, 0.1) is 12.3 Å². The molecule has 1 aliphatic heterocycles. The van der Waals surface area contributed by atoms with Crippen LogP contribution in [0.15, 0.2) is 29.3 Å². The second kappa shape index (κ2) is 10.1. The summed E-state index contributed by atoms with van der Waals surface area (Å²) in [5, 5.41) is 6.23. The Bertz CT molecular complexity index is 637. The number of nitrogens with one attached hydrogen (secondary N) is 2. The van der Waals surface area contributed by atoms with E-state index >= 15 is 0 Å². The first-order valence-electron chi connectivity index (χ1n) is 7.75. The molecule has 0 amide bonds. The lowest BCUT2D eigenvalue weighted by molar-refractivity contribution is 0.445. The van der Waals surface area contributed by atoms with Crippen molar-refractivity contribution in [3.05, 3.63) is 35.6 Å². The maximum atomic E-state index is 12.9. The average Bonchev–Trinajstić information content (AvgIpc) is 2.85. The fraction of sp³-hybridized carbons (Fsp3) is 0.533. The molecule has 0 aliphatic carbocycles. The van der Waals surface area contributed by atoms with E-state index in [1.807, 2.05) is 6.92 Å². The van der Waals surface area contributed by atoms with Crippen molar-refractivity contribution in [2.45, 2.75) is 19.9 Å². The minimum atomic E-state index is -3.06. The van der Waals surface area contributed by atoms with E-state index < -0.39 is 10.0 Å². The van der Waals surface area contributed by atoms with Crippen LogP contribution in [0.2, 0.25) is 0 Å². The molecule has 0 atom stereocenters. The van der Waals surface area contributed by atoms with Crippen molar-refractivity contribution in [2.24, 2.45) is 4.99 Å². The zero-order chi connectivity index (χ0) is 16.7. The van der Waals surface area contributed by atoms with Crippen LogP contribution in [-0.4, -0.2) is 50.6 Å². The molecule has 0 bridgehead atoms. The zero-order valence-corrected chi connectivity index (χ0v) is 16.8. The Balaban J connectivity index is 0.00000288. The van der Waals surface area contributed by atoms with Crippen LogP contribution in [0.5, 0.6) is 0 Å². The fourth-order valence-corrected chi connectivity index (χ4v) is 3.87. The molecule has 0 saturated carbocycles. The van der Waals surface area contributed by atoms with E-state index in [1.54, 1.807) is 12.1 Å². The molecule has 1 aromatic carbocycles. The van der Waals surface area contributed by atoms with E-state index in [0.717, 1.165) is 5.56 Å². The van der Waals surface area contributed by atoms with Gasteiger partial charge in [-0.3, -0.25) is 0 Å². The van der Waals surface area contributed by atoms with Crippen LogP contribution in [-0.2, 0) is 16.6 Å². The second-order valence-corrected chi connectivity index (χ2v) is 7.41. The van der Waals surface area contributed by atoms with Gasteiger partial charge in [0.15, 0.2) is 5.96 Å². The molecule has 1 aromatic rings. The fourth-order valence-electron chi connectivity index (χ4n) is 2.34. The van der Waals surface area contributed by atoms with Crippen molar-refractivity contribution < 1.29 is 12.8 Å². The van der Waals surface area contributed by atoms with Gasteiger partial charge in [-0.2, -0.15) is 0 Å². The summed E-state index contributed by atoms with van der Waals surface area (Å²) in [6.45, 7) is 4.61. The van der Waals surface area contributed by atoms with Gasteiger partial charge in [-0.25, -0.2) is 22.1 Å². The van der Waals surface area contributed by atoms with Gasteiger partial charge in [0.1, 0.15) is 5.82 Å². The monoisotopic (exact) mass is 470 g/mol. The van der Waals surface area contributed by atoms with Crippen LogP contribution in [0.25, 0.3) is 0 Å². The first kappa shape index (κ1) is 21.1. The summed E-state index contributed by atoms with van der Waals surface area (Å²) in [6, 6.07) is 6.20. The number of benzene rings is 1. The van der Waals surface area contributed by atoms with Gasteiger partial charge in [-0.1, -0.05) is 12.1 Å². The summed E-state index contributed by atoms with van der Waals surface area (Å²) in [4.78, 5) is 4.42. The summed E-state index contributed by atoms with van der Waals surface area (Å²) >= 11 is 0. The Morgan fingerprint density at radius 3 is 2.58 bits per heavy atom. The molecule has 24 heavy (non-hydrogen) atoms. The van der Waals surface area contributed by atoms with Crippen molar-refractivity contribution in [1.82, 2.24) is 14.9 Å². The zero-order valence-electron chi connectivity index (χ0n) is 13.7. The van der Waals surface area contributed by atoms with E-state index in [0.29, 0.717) is 45.1 Å². The Morgan fingerprint density at radius 2 is 2.00 bits per heavy atom. The molecule has 2 N–H and O–H groups in total. The molecule has 6 nitrogen and oxygen atoms in total. The molecule has 1 fully saturated rings. The molecule has 9 heteroatoms. The molecule has 0 spiro atoms. The van der Waals surface area contributed by atoms with Gasteiger partial charge in [-0.05, 0) is 31.0 Å². The van der Waals surface area contributed by atoms with Crippen LogP contribution in [0, 0.1) is 5.82 Å². The summed E-state index contributed by atoms with van der Waals surface area (Å²) < 4.78 is 37.8. The molecular formula is C15H24FIN4O2S. The third kappa shape index (κ3) is 6.52. The minimum Gasteiger partial charge on any atom is -0.357 e. The molecule has 0 aromatic heterocycles. The van der Waals surface area contributed by atoms with Gasteiger partial charge in [-0.15, -0.1) is 24.0 Å². The van der Waals surface area contributed by atoms with Crippen LogP contribution in [0.1, 0.15) is 18.9 Å². The number of guanidine groups is 1. The highest BCUT2D eigenvalue weighted by Crippen LogP contribution is 2.11. The molecule has 0 radical (unpaired) electrons. The number of rotatable bonds is 6. The molecule has 1 heterocycles. The Kier molecular flexibility index (Phi) is 8.92. The van der Waals surface area contributed by atoms with Crippen molar-refractivity contribution in [3.63, 3.8) is 0 Å². The van der Waals surface area contributed by atoms with Gasteiger partial charge in [0.2, 0.25) is 10.0 Å². The van der Waals surface area contributed by atoms with Crippen molar-refractivity contribution in [2.75, 3.05) is 31.9 Å². The van der Waals surface area contributed by atoms with Gasteiger partial charge in [0, 0.05) is 26.2 Å². The number of sulfonamides is 1. The van der Waals surface area contributed by atoms with E-state index in [1.165, 1.54) is 16.4 Å². The van der Waals surface area contributed by atoms with Gasteiger partial charge < -0.3 is 10.6 Å². The van der Waals surface area contributed by atoms with Crippen molar-refractivity contribution >= 4 is 40.0 Å². The quantitative estimate of drug-likeness (QED) is 0.376. The number of hydrogen-bond acceptors (Lipinski definition) is 3. The molecule has 2 rings (SSSR count). The van der Waals surface area contributed by atoms with Gasteiger partial charge in [0.25, 0.3) is 0 Å². The molecule has 1 aliphatic rings. The number of hydrogen-bond donors (Lipinski definition) is 2. The van der Waals surface area contributed by atoms with Crippen LogP contribution < -0.4 is 10.6 Å². The van der Waals surface area contributed by atoms with E-state index in [-0.39, 0.29) is 35.5 Å². The maximum Gasteiger partial charge on any atom is 0.214 e. The SMILES string of the molecule is CCNC(=NCc1ccc(F)cc1)NCCN1CCCS1(=O)=O.I. The van der Waals surface area contributed by atoms with E-state index in [2.05, 4.69) is 15.6 Å². The van der Waals surface area contributed by atoms with Crippen molar-refractivity contribution in [1.29, 1.82) is 0 Å². The highest BCUT2D eigenvalue weighted by Gasteiger charge is 2.27. The standard InChI is InChI=1S/C15H23FN4O2S.HI/c1-2-17-15(19-12-13-4-6-14(16)7-5-13)18-8-10-20-9-3-11-23(20,21)22;/h4-7H,2-3,8-12H2,1H3,(H2,17,18,19);1H.